The fourth-order valence-electron chi connectivity index (χ4n) is 7.27. The van der Waals surface area contributed by atoms with Crippen LogP contribution in [0.4, 0.5) is 0 Å². The fourth-order valence-corrected chi connectivity index (χ4v) is 7.27. The predicted octanol–water partition coefficient (Wildman–Crippen LogP) is 12.5. The molecule has 0 bridgehead atoms. The van der Waals surface area contributed by atoms with Gasteiger partial charge in [0, 0.05) is 0 Å². The molecule has 0 N–H and O–H groups in total. The summed E-state index contributed by atoms with van der Waals surface area (Å²) in [6, 6.07) is 38.5. The summed E-state index contributed by atoms with van der Waals surface area (Å²) in [4.78, 5) is 0. The molecule has 0 nitrogen and oxygen atoms in total. The second kappa shape index (κ2) is 10.4. The first-order valence-corrected chi connectivity index (χ1v) is 15.4. The van der Waals surface area contributed by atoms with Crippen molar-refractivity contribution < 1.29 is 0 Å². The lowest BCUT2D eigenvalue weighted by atomic mass is 9.88. The molecule has 0 saturated carbocycles. The first-order valence-electron chi connectivity index (χ1n) is 15.4. The lowest BCUT2D eigenvalue weighted by Crippen LogP contribution is -1.91. The maximum atomic E-state index is 4.15. The van der Waals surface area contributed by atoms with Crippen LogP contribution in [0.1, 0.15) is 30.5 Å². The van der Waals surface area contributed by atoms with Crippen LogP contribution in [0, 0.1) is 0 Å². The quantitative estimate of drug-likeness (QED) is 0.177. The average Bonchev–Trinajstić information content (AvgIpc) is 3.60. The van der Waals surface area contributed by atoms with Gasteiger partial charge in [-0.25, -0.2) is 0 Å². The molecule has 6 aromatic rings. The molecule has 0 saturated heterocycles. The third kappa shape index (κ3) is 3.92. The highest BCUT2D eigenvalue weighted by atomic mass is 14.3. The molecule has 0 heterocycles. The molecule has 208 valence electrons. The Morgan fingerprint density at radius 2 is 1.18 bits per heavy atom. The molecule has 0 atom stereocenters. The van der Waals surface area contributed by atoms with E-state index in [1.807, 2.05) is 13.0 Å². The zero-order chi connectivity index (χ0) is 29.8. The van der Waals surface area contributed by atoms with E-state index in [0.717, 1.165) is 5.57 Å². The Morgan fingerprint density at radius 1 is 0.568 bits per heavy atom. The maximum Gasteiger partial charge on any atom is -0.00201 e. The summed E-state index contributed by atoms with van der Waals surface area (Å²) in [5.41, 5.74) is 16.4. The summed E-state index contributed by atoms with van der Waals surface area (Å²) in [7, 11) is 0. The van der Waals surface area contributed by atoms with Crippen LogP contribution in [-0.2, 0) is 0 Å². The number of fused-ring (bicyclic) bond motifs is 3. The summed E-state index contributed by atoms with van der Waals surface area (Å²) in [5.74, 6) is 0. The largest absolute Gasteiger partial charge is 0.0985 e. The van der Waals surface area contributed by atoms with Crippen molar-refractivity contribution in [2.45, 2.75) is 13.8 Å². The lowest BCUT2D eigenvalue weighted by Gasteiger charge is -2.16. The van der Waals surface area contributed by atoms with Gasteiger partial charge in [-0.3, -0.25) is 0 Å². The van der Waals surface area contributed by atoms with Gasteiger partial charge in [0.1, 0.15) is 0 Å². The van der Waals surface area contributed by atoms with Crippen LogP contribution in [0.2, 0.25) is 0 Å². The maximum absolute atomic E-state index is 4.15. The van der Waals surface area contributed by atoms with E-state index in [2.05, 4.69) is 153 Å². The molecule has 0 spiro atoms. The van der Waals surface area contributed by atoms with Crippen LogP contribution in [0.3, 0.4) is 0 Å². The molecule has 44 heavy (non-hydrogen) atoms. The van der Waals surface area contributed by atoms with E-state index in [1.54, 1.807) is 0 Å². The third-order valence-electron chi connectivity index (χ3n) is 9.24. The van der Waals surface area contributed by atoms with Gasteiger partial charge in [-0.15, -0.1) is 0 Å². The SMILES string of the molecule is C=C/C(=C\C)c1cc(-c2ccc3c4c(cccc24)C(/C=C\C=C/C)=C3)cc(-c2ccc3c4c(cccc24)-c2ccccc2-3)c1. The zero-order valence-corrected chi connectivity index (χ0v) is 25.1. The molecule has 2 aliphatic carbocycles. The van der Waals surface area contributed by atoms with Gasteiger partial charge in [0.25, 0.3) is 0 Å². The number of hydrogen-bond acceptors (Lipinski definition) is 0. The van der Waals surface area contributed by atoms with Crippen molar-refractivity contribution in [3.63, 3.8) is 0 Å². The van der Waals surface area contributed by atoms with Gasteiger partial charge in [0.05, 0.1) is 0 Å². The van der Waals surface area contributed by atoms with E-state index < -0.39 is 0 Å². The number of allylic oxidation sites excluding steroid dienone is 8. The van der Waals surface area contributed by atoms with Gasteiger partial charge >= 0.3 is 0 Å². The molecule has 0 heteroatoms. The summed E-state index contributed by atoms with van der Waals surface area (Å²) in [6.07, 6.45) is 14.9. The van der Waals surface area contributed by atoms with Crippen LogP contribution in [-0.4, -0.2) is 0 Å². The van der Waals surface area contributed by atoms with Crippen LogP contribution in [0.15, 0.2) is 146 Å². The molecule has 0 aliphatic heterocycles. The van der Waals surface area contributed by atoms with Gasteiger partial charge < -0.3 is 0 Å². The Kier molecular flexibility index (Phi) is 6.17. The van der Waals surface area contributed by atoms with Crippen molar-refractivity contribution in [2.75, 3.05) is 0 Å². The van der Waals surface area contributed by atoms with Crippen molar-refractivity contribution in [1.29, 1.82) is 0 Å². The Bertz CT molecular complexity index is 2270. The second-order valence-corrected chi connectivity index (χ2v) is 11.6. The molecular formula is C44H32. The van der Waals surface area contributed by atoms with Crippen molar-refractivity contribution in [1.82, 2.24) is 0 Å². The highest BCUT2D eigenvalue weighted by molar-refractivity contribution is 6.19. The monoisotopic (exact) mass is 560 g/mol. The van der Waals surface area contributed by atoms with Crippen molar-refractivity contribution in [3.05, 3.63) is 163 Å². The highest BCUT2D eigenvalue weighted by Crippen LogP contribution is 2.50. The molecule has 0 fully saturated rings. The molecule has 0 amide bonds. The third-order valence-corrected chi connectivity index (χ3v) is 9.24. The minimum Gasteiger partial charge on any atom is -0.0985 e. The molecule has 8 rings (SSSR count). The van der Waals surface area contributed by atoms with Crippen LogP contribution >= 0.6 is 0 Å². The molecule has 0 unspecified atom stereocenters. The lowest BCUT2D eigenvalue weighted by molar-refractivity contribution is 1.57. The van der Waals surface area contributed by atoms with E-state index in [0.29, 0.717) is 0 Å². The van der Waals surface area contributed by atoms with E-state index in [-0.39, 0.29) is 0 Å². The molecule has 2 aliphatic rings. The molecule has 0 aromatic heterocycles. The van der Waals surface area contributed by atoms with Gasteiger partial charge in [0.2, 0.25) is 0 Å². The Balaban J connectivity index is 1.35. The van der Waals surface area contributed by atoms with Gasteiger partial charge in [-0.1, -0.05) is 128 Å². The van der Waals surface area contributed by atoms with Gasteiger partial charge in [-0.05, 0) is 132 Å². The predicted molar refractivity (Wildman–Crippen MR) is 192 cm³/mol. The zero-order valence-electron chi connectivity index (χ0n) is 25.1. The van der Waals surface area contributed by atoms with E-state index >= 15 is 0 Å². The Morgan fingerprint density at radius 3 is 1.86 bits per heavy atom. The summed E-state index contributed by atoms with van der Waals surface area (Å²) >= 11 is 0. The molecular weight excluding hydrogens is 528 g/mol. The minimum atomic E-state index is 1.13. The van der Waals surface area contributed by atoms with Gasteiger partial charge in [-0.2, -0.15) is 0 Å². The highest BCUT2D eigenvalue weighted by Gasteiger charge is 2.23. The number of hydrogen-bond donors (Lipinski definition) is 0. The fraction of sp³-hybridized carbons (Fsp3) is 0.0455. The summed E-state index contributed by atoms with van der Waals surface area (Å²) in [5, 5.41) is 5.26. The standard InChI is InChI=1S/C44H32/c1-4-7-8-13-29-24-30-20-21-34(39-17-11-16-36(29)43(30)39)32-25-31(28(5-2)6-3)26-33(27-32)35-22-23-42-38-15-10-9-14-37(38)41-19-12-18-40(35)44(41)42/h4-27H,2H2,1,3H3/b7-4-,13-8-,28-6+. The van der Waals surface area contributed by atoms with Crippen molar-refractivity contribution >= 4 is 38.8 Å². The molecule has 0 radical (unpaired) electrons. The first-order chi connectivity index (χ1) is 21.7. The van der Waals surface area contributed by atoms with Crippen molar-refractivity contribution in [2.24, 2.45) is 0 Å². The Labute approximate surface area is 259 Å². The van der Waals surface area contributed by atoms with Gasteiger partial charge in [0.15, 0.2) is 0 Å². The van der Waals surface area contributed by atoms with Crippen LogP contribution in [0.5, 0.6) is 0 Å². The van der Waals surface area contributed by atoms with E-state index in [9.17, 15) is 0 Å². The Hall–Kier alpha value is -5.46. The number of benzene rings is 6. The summed E-state index contributed by atoms with van der Waals surface area (Å²) in [6.45, 7) is 8.29. The van der Waals surface area contributed by atoms with Crippen LogP contribution < -0.4 is 0 Å². The normalized spacial score (nSPS) is 13.4. The average molecular weight is 561 g/mol. The first kappa shape index (κ1) is 26.2. The van der Waals surface area contributed by atoms with Crippen LogP contribution in [0.25, 0.3) is 83.3 Å². The van der Waals surface area contributed by atoms with Crippen molar-refractivity contribution in [3.8, 4) is 44.5 Å². The minimum absolute atomic E-state index is 1.13. The van der Waals surface area contributed by atoms with E-state index in [4.69, 9.17) is 0 Å². The smallest absolute Gasteiger partial charge is 0.00201 e. The summed E-state index contributed by atoms with van der Waals surface area (Å²) < 4.78 is 0. The van der Waals surface area contributed by atoms with E-state index in [1.165, 1.54) is 88.3 Å². The topological polar surface area (TPSA) is 0 Å². The number of rotatable bonds is 6. The molecule has 6 aromatic carbocycles. The second-order valence-electron chi connectivity index (χ2n) is 11.6.